The largest absolute Gasteiger partial charge is 0.486 e. The molecule has 0 aliphatic rings. The lowest BCUT2D eigenvalue weighted by Crippen LogP contribution is -2.21. The maximum Gasteiger partial charge on any atom is 0.350 e. The number of hydrogen-bond acceptors (Lipinski definition) is 6. The van der Waals surface area contributed by atoms with Crippen molar-refractivity contribution in [3.8, 4) is 5.75 Å². The Kier molecular flexibility index (Phi) is 6.33. The van der Waals surface area contributed by atoms with Crippen LogP contribution >= 0.6 is 11.3 Å². The van der Waals surface area contributed by atoms with E-state index in [9.17, 15) is 4.79 Å². The van der Waals surface area contributed by atoms with E-state index in [4.69, 9.17) is 15.2 Å². The van der Waals surface area contributed by atoms with E-state index in [1.54, 1.807) is 6.92 Å². The maximum absolute atomic E-state index is 12.0. The molecule has 0 saturated heterocycles. The summed E-state index contributed by atoms with van der Waals surface area (Å²) in [6.45, 7) is 12.3. The Balaban J connectivity index is 3.14. The van der Waals surface area contributed by atoms with E-state index >= 15 is 0 Å². The number of carbonyl (C=O) groups is 1. The number of anilines is 2. The highest BCUT2D eigenvalue weighted by Gasteiger charge is 2.25. The van der Waals surface area contributed by atoms with E-state index in [2.05, 4.69) is 26.1 Å². The second-order valence-corrected chi connectivity index (χ2v) is 6.59. The molecule has 0 aliphatic heterocycles. The lowest BCUT2D eigenvalue weighted by Gasteiger charge is -2.19. The van der Waals surface area contributed by atoms with E-state index in [1.807, 2.05) is 13.8 Å². The molecule has 1 rings (SSSR count). The number of thiophene rings is 1. The van der Waals surface area contributed by atoms with Gasteiger partial charge in [-0.2, -0.15) is 0 Å². The van der Waals surface area contributed by atoms with E-state index in [0.717, 1.165) is 5.00 Å². The zero-order chi connectivity index (χ0) is 16.2. The standard InChI is InChI=1S/C15H26N2O3S/c1-7-19-15(18)13-11(16)12(20-9(4)5)14(21-13)17-10(6)8(2)3/h8-10,17H,7,16H2,1-6H3. The molecule has 0 aromatic carbocycles. The second kappa shape index (κ2) is 7.54. The van der Waals surface area contributed by atoms with Crippen LogP contribution < -0.4 is 15.8 Å². The fraction of sp³-hybridized carbons (Fsp3) is 0.667. The van der Waals surface area contributed by atoms with Crippen LogP contribution in [0.25, 0.3) is 0 Å². The van der Waals surface area contributed by atoms with Crippen molar-refractivity contribution in [3.05, 3.63) is 4.88 Å². The Morgan fingerprint density at radius 2 is 1.90 bits per heavy atom. The predicted octanol–water partition coefficient (Wildman–Crippen LogP) is 3.75. The first kappa shape index (κ1) is 17.6. The first-order chi connectivity index (χ1) is 9.77. The average Bonchev–Trinajstić information content (AvgIpc) is 2.67. The van der Waals surface area contributed by atoms with Crippen LogP contribution in [-0.4, -0.2) is 24.7 Å². The Labute approximate surface area is 130 Å². The zero-order valence-electron chi connectivity index (χ0n) is 13.6. The number of ether oxygens (including phenoxy) is 2. The molecule has 1 unspecified atom stereocenters. The van der Waals surface area contributed by atoms with Gasteiger partial charge >= 0.3 is 5.97 Å². The molecule has 1 atom stereocenters. The second-order valence-electron chi connectivity index (χ2n) is 5.57. The summed E-state index contributed by atoms with van der Waals surface area (Å²) in [7, 11) is 0. The lowest BCUT2D eigenvalue weighted by molar-refractivity contribution is 0.0533. The molecule has 0 amide bonds. The van der Waals surface area contributed by atoms with Gasteiger partial charge in [0, 0.05) is 6.04 Å². The van der Waals surface area contributed by atoms with E-state index in [-0.39, 0.29) is 12.1 Å². The van der Waals surface area contributed by atoms with Gasteiger partial charge in [-0.15, -0.1) is 11.3 Å². The number of esters is 1. The van der Waals surface area contributed by atoms with Gasteiger partial charge in [-0.05, 0) is 33.6 Å². The van der Waals surface area contributed by atoms with Crippen LogP contribution in [0.15, 0.2) is 0 Å². The van der Waals surface area contributed by atoms with Gasteiger partial charge < -0.3 is 20.5 Å². The molecule has 1 aromatic rings. The van der Waals surface area contributed by atoms with Crippen molar-refractivity contribution in [3.63, 3.8) is 0 Å². The van der Waals surface area contributed by atoms with Gasteiger partial charge in [-0.25, -0.2) is 4.79 Å². The molecule has 0 fully saturated rings. The monoisotopic (exact) mass is 314 g/mol. The van der Waals surface area contributed by atoms with E-state index < -0.39 is 5.97 Å². The molecule has 0 bridgehead atoms. The molecular formula is C15H26N2O3S. The van der Waals surface area contributed by atoms with Crippen LogP contribution in [0.1, 0.15) is 51.2 Å². The Morgan fingerprint density at radius 3 is 2.38 bits per heavy atom. The van der Waals surface area contributed by atoms with Gasteiger partial charge in [0.15, 0.2) is 5.75 Å². The minimum Gasteiger partial charge on any atom is -0.486 e. The van der Waals surface area contributed by atoms with Crippen LogP contribution in [0.2, 0.25) is 0 Å². The molecule has 0 radical (unpaired) electrons. The van der Waals surface area contributed by atoms with Crippen LogP contribution in [0.4, 0.5) is 10.7 Å². The van der Waals surface area contributed by atoms with Gasteiger partial charge in [-0.1, -0.05) is 13.8 Å². The van der Waals surface area contributed by atoms with Crippen molar-refractivity contribution in [1.29, 1.82) is 0 Å². The van der Waals surface area contributed by atoms with Crippen molar-refractivity contribution < 1.29 is 14.3 Å². The molecule has 3 N–H and O–H groups in total. The smallest absolute Gasteiger partial charge is 0.350 e. The normalized spacial score (nSPS) is 12.6. The molecule has 0 aliphatic carbocycles. The molecule has 5 nitrogen and oxygen atoms in total. The van der Waals surface area contributed by atoms with E-state index in [1.165, 1.54) is 11.3 Å². The minimum atomic E-state index is -0.404. The van der Waals surface area contributed by atoms with Gasteiger partial charge in [0.1, 0.15) is 15.6 Å². The molecule has 6 heteroatoms. The quantitative estimate of drug-likeness (QED) is 0.750. The van der Waals surface area contributed by atoms with Crippen LogP contribution in [-0.2, 0) is 4.74 Å². The summed E-state index contributed by atoms with van der Waals surface area (Å²) in [5.74, 6) is 0.593. The van der Waals surface area contributed by atoms with E-state index in [0.29, 0.717) is 28.8 Å². The van der Waals surface area contributed by atoms with Crippen LogP contribution in [0.3, 0.4) is 0 Å². The minimum absolute atomic E-state index is 0.0214. The molecule has 1 heterocycles. The highest BCUT2D eigenvalue weighted by molar-refractivity contribution is 7.19. The zero-order valence-corrected chi connectivity index (χ0v) is 14.5. The Hall–Kier alpha value is -1.43. The number of carbonyl (C=O) groups excluding carboxylic acids is 1. The summed E-state index contributed by atoms with van der Waals surface area (Å²) in [4.78, 5) is 12.4. The summed E-state index contributed by atoms with van der Waals surface area (Å²) < 4.78 is 10.8. The number of hydrogen-bond donors (Lipinski definition) is 2. The summed E-state index contributed by atoms with van der Waals surface area (Å²) in [6.07, 6.45) is -0.0214. The Bertz CT molecular complexity index is 484. The third-order valence-electron chi connectivity index (χ3n) is 3.07. The average molecular weight is 314 g/mol. The van der Waals surface area contributed by atoms with Crippen LogP contribution in [0, 0.1) is 5.92 Å². The third-order valence-corrected chi connectivity index (χ3v) is 4.17. The van der Waals surface area contributed by atoms with Crippen molar-refractivity contribution >= 4 is 28.0 Å². The topological polar surface area (TPSA) is 73.6 Å². The predicted molar refractivity (Wildman–Crippen MR) is 88.4 cm³/mol. The first-order valence-electron chi connectivity index (χ1n) is 7.30. The van der Waals surface area contributed by atoms with Crippen molar-refractivity contribution in [2.24, 2.45) is 5.92 Å². The summed E-state index contributed by atoms with van der Waals surface area (Å²) >= 11 is 1.29. The van der Waals surface area contributed by atoms with Gasteiger partial charge in [-0.3, -0.25) is 0 Å². The fourth-order valence-electron chi connectivity index (χ4n) is 1.60. The molecule has 21 heavy (non-hydrogen) atoms. The highest BCUT2D eigenvalue weighted by Crippen LogP contribution is 2.44. The molecule has 120 valence electrons. The van der Waals surface area contributed by atoms with Crippen molar-refractivity contribution in [1.82, 2.24) is 0 Å². The molecule has 1 aromatic heterocycles. The molecular weight excluding hydrogens is 288 g/mol. The lowest BCUT2D eigenvalue weighted by atomic mass is 10.1. The van der Waals surface area contributed by atoms with Crippen molar-refractivity contribution in [2.45, 2.75) is 53.7 Å². The van der Waals surface area contributed by atoms with Gasteiger partial charge in [0.25, 0.3) is 0 Å². The summed E-state index contributed by atoms with van der Waals surface area (Å²) in [5, 5.41) is 4.16. The SMILES string of the molecule is CCOC(=O)c1sc(NC(C)C(C)C)c(OC(C)C)c1N. The van der Waals surface area contributed by atoms with Gasteiger partial charge in [0.05, 0.1) is 12.7 Å². The summed E-state index contributed by atoms with van der Waals surface area (Å²) in [6, 6.07) is 0.243. The fourth-order valence-corrected chi connectivity index (χ4v) is 2.64. The van der Waals surface area contributed by atoms with Gasteiger partial charge in [0.2, 0.25) is 0 Å². The number of nitrogen functional groups attached to an aromatic ring is 1. The number of nitrogens with one attached hydrogen (secondary N) is 1. The highest BCUT2D eigenvalue weighted by atomic mass is 32.1. The first-order valence-corrected chi connectivity index (χ1v) is 8.12. The van der Waals surface area contributed by atoms with Crippen molar-refractivity contribution in [2.75, 3.05) is 17.7 Å². The third kappa shape index (κ3) is 4.52. The van der Waals surface area contributed by atoms with Crippen LogP contribution in [0.5, 0.6) is 5.75 Å². The number of nitrogens with two attached hydrogens (primary N) is 1. The summed E-state index contributed by atoms with van der Waals surface area (Å²) in [5.41, 5.74) is 6.43. The Morgan fingerprint density at radius 1 is 1.29 bits per heavy atom. The molecule has 0 spiro atoms. The number of rotatable bonds is 7. The maximum atomic E-state index is 12.0. The molecule has 0 saturated carbocycles.